The fourth-order valence-corrected chi connectivity index (χ4v) is 12.8. The van der Waals surface area contributed by atoms with Crippen LogP contribution in [-0.2, 0) is 0 Å². The number of benzene rings is 12. The summed E-state index contributed by atoms with van der Waals surface area (Å²) in [5.41, 5.74) is 14.8. The fourth-order valence-electron chi connectivity index (χ4n) is 12.8. The van der Waals surface area contributed by atoms with Crippen LogP contribution in [0.15, 0.2) is 297 Å². The van der Waals surface area contributed by atoms with Crippen molar-refractivity contribution in [3.63, 3.8) is 0 Å². The first-order valence-electron chi connectivity index (χ1n) is 31.3. The summed E-state index contributed by atoms with van der Waals surface area (Å²) in [6, 6.07) is 103. The molecule has 0 fully saturated rings. The molecule has 0 amide bonds. The molecule has 13 nitrogen and oxygen atoms in total. The molecule has 0 aliphatic carbocycles. The lowest BCUT2D eigenvalue weighted by atomic mass is 9.97. The smallest absolute Gasteiger partial charge is 0.166 e. The molecule has 13 heteroatoms. The van der Waals surface area contributed by atoms with Gasteiger partial charge < -0.3 is 9.13 Å². The second-order valence-electron chi connectivity index (χ2n) is 23.2. The number of hydrogen-bond donors (Lipinski definition) is 0. The Balaban J connectivity index is 0.872. The molecule has 96 heavy (non-hydrogen) atoms. The summed E-state index contributed by atoms with van der Waals surface area (Å²) < 4.78 is 4.47. The van der Waals surface area contributed by atoms with Gasteiger partial charge in [-0.2, -0.15) is 10.5 Å². The summed E-state index contributed by atoms with van der Waals surface area (Å²) in [5, 5.41) is 25.3. The maximum absolute atomic E-state index is 10.8. The minimum absolute atomic E-state index is 0.336. The molecule has 0 saturated heterocycles. The molecule has 0 unspecified atom stereocenters. The maximum Gasteiger partial charge on any atom is 0.166 e. The van der Waals surface area contributed by atoms with Gasteiger partial charge in [0.2, 0.25) is 0 Å². The molecule has 17 rings (SSSR count). The van der Waals surface area contributed by atoms with E-state index in [-0.39, 0.29) is 0 Å². The van der Waals surface area contributed by atoms with Gasteiger partial charge in [-0.3, -0.25) is 0 Å². The van der Waals surface area contributed by atoms with E-state index in [2.05, 4.69) is 106 Å². The van der Waals surface area contributed by atoms with Crippen molar-refractivity contribution in [2.45, 2.75) is 0 Å². The van der Waals surface area contributed by atoms with Crippen LogP contribution >= 0.6 is 0 Å². The molecular weight excluding hydrogens is 1180 g/mol. The SMILES string of the molecule is N#Cc1ccc(-n2c3ccccc3c3cc(-c4nc(-c5ccccc5)nc(-c5ccccc5)n4)ccc32)c(-c2nc(-c3ccccc3)nc(-c3cc(-c4ccccc4C#N)ccc3-n3c4ccccc4c4cc(-c5nc(-c6ccccc6)nc(-c6ccccc6)n5)ccc43)n2)c1. The van der Waals surface area contributed by atoms with Crippen LogP contribution in [-0.4, -0.2) is 54.0 Å². The zero-order chi connectivity index (χ0) is 64.1. The van der Waals surface area contributed by atoms with E-state index < -0.39 is 0 Å². The molecule has 5 aromatic heterocycles. The van der Waals surface area contributed by atoms with Gasteiger partial charge in [-0.05, 0) is 96.1 Å². The summed E-state index contributed by atoms with van der Waals surface area (Å²) in [6.45, 7) is 0. The van der Waals surface area contributed by atoms with Gasteiger partial charge in [-0.25, -0.2) is 44.9 Å². The van der Waals surface area contributed by atoms with Crippen molar-refractivity contribution in [2.75, 3.05) is 0 Å². The van der Waals surface area contributed by atoms with Gasteiger partial charge in [0.15, 0.2) is 52.4 Å². The molecule has 0 aliphatic heterocycles. The second-order valence-corrected chi connectivity index (χ2v) is 23.2. The quantitative estimate of drug-likeness (QED) is 0.114. The van der Waals surface area contributed by atoms with Crippen LogP contribution in [0.4, 0.5) is 0 Å². The zero-order valence-electron chi connectivity index (χ0n) is 51.1. The van der Waals surface area contributed by atoms with Gasteiger partial charge >= 0.3 is 0 Å². The third-order valence-corrected chi connectivity index (χ3v) is 17.4. The van der Waals surface area contributed by atoms with E-state index >= 15 is 0 Å². The van der Waals surface area contributed by atoms with Crippen molar-refractivity contribution in [3.8, 4) is 137 Å². The molecule has 17 aromatic rings. The van der Waals surface area contributed by atoms with Crippen LogP contribution in [0.3, 0.4) is 0 Å². The van der Waals surface area contributed by atoms with Crippen molar-refractivity contribution in [1.29, 1.82) is 10.5 Å². The van der Waals surface area contributed by atoms with Crippen LogP contribution in [0.5, 0.6) is 0 Å². The van der Waals surface area contributed by atoms with Gasteiger partial charge in [-0.1, -0.05) is 212 Å². The molecule has 446 valence electrons. The molecule has 5 heterocycles. The van der Waals surface area contributed by atoms with E-state index in [1.54, 1.807) is 0 Å². The molecule has 0 bridgehead atoms. The Kier molecular flexibility index (Phi) is 13.9. The first-order valence-corrected chi connectivity index (χ1v) is 31.3. The van der Waals surface area contributed by atoms with Gasteiger partial charge in [0, 0.05) is 71.6 Å². The Labute approximate surface area is 550 Å². The lowest BCUT2D eigenvalue weighted by Gasteiger charge is -2.18. The number of hydrogen-bond acceptors (Lipinski definition) is 11. The maximum atomic E-state index is 10.8. The molecule has 0 aliphatic rings. The second kappa shape index (κ2) is 23.8. The predicted octanol–water partition coefficient (Wildman–Crippen LogP) is 18.8. The van der Waals surface area contributed by atoms with Gasteiger partial charge in [0.1, 0.15) is 0 Å². The predicted molar refractivity (Wildman–Crippen MR) is 379 cm³/mol. The summed E-state index contributed by atoms with van der Waals surface area (Å²) in [5.74, 6) is 4.46. The molecule has 0 radical (unpaired) electrons. The molecule has 12 aromatic carbocycles. The summed E-state index contributed by atoms with van der Waals surface area (Å²) in [6.07, 6.45) is 0. The Bertz CT molecular complexity index is 5860. The number of rotatable bonds is 12. The monoisotopic (exact) mass is 1230 g/mol. The topological polar surface area (TPSA) is 173 Å². The summed E-state index contributed by atoms with van der Waals surface area (Å²) >= 11 is 0. The molecule has 0 N–H and O–H groups in total. The van der Waals surface area contributed by atoms with Gasteiger partial charge in [-0.15, -0.1) is 0 Å². The van der Waals surface area contributed by atoms with E-state index in [0.29, 0.717) is 74.7 Å². The van der Waals surface area contributed by atoms with E-state index in [1.807, 2.05) is 212 Å². The number of para-hydroxylation sites is 2. The minimum atomic E-state index is 0.336. The molecule has 0 atom stereocenters. The third-order valence-electron chi connectivity index (χ3n) is 17.4. The lowest BCUT2D eigenvalue weighted by Crippen LogP contribution is -2.06. The van der Waals surface area contributed by atoms with Crippen LogP contribution in [0, 0.1) is 22.7 Å². The number of aromatic nitrogens is 11. The Morgan fingerprint density at radius 2 is 0.542 bits per heavy atom. The largest absolute Gasteiger partial charge is 0.309 e. The standard InChI is InChI=1S/C83H49N13/c84-50-52-38-42-73(95-69-36-20-18-34-63(69)65-48-59(40-44-71(65)95)80-88-75(53-22-6-1-7-23-53)86-76(89-80)54-24-8-2-9-25-54)67(46-52)82-92-79(57-30-14-5-15-31-57)93-83(94-82)68-47-58(62-33-17-16-32-61(62)51-85)39-43-74(68)96-70-37-21-19-35-64(70)66-49-60(41-45-72(66)96)81-90-77(55-26-10-3-11-27-55)87-78(91-81)56-28-12-4-13-29-56/h1-49H. The number of nitrogens with zero attached hydrogens (tertiary/aromatic N) is 13. The summed E-state index contributed by atoms with van der Waals surface area (Å²) in [7, 11) is 0. The Hall–Kier alpha value is -13.8. The molecule has 0 spiro atoms. The first kappa shape index (κ1) is 56.2. The van der Waals surface area contributed by atoms with Crippen molar-refractivity contribution in [1.82, 2.24) is 54.0 Å². The van der Waals surface area contributed by atoms with E-state index in [9.17, 15) is 10.5 Å². The lowest BCUT2D eigenvalue weighted by molar-refractivity contribution is 1.06. The van der Waals surface area contributed by atoms with E-state index in [1.165, 1.54) is 0 Å². The zero-order valence-corrected chi connectivity index (χ0v) is 51.1. The van der Waals surface area contributed by atoms with E-state index in [4.69, 9.17) is 44.9 Å². The van der Waals surface area contributed by atoms with Crippen molar-refractivity contribution in [3.05, 3.63) is 308 Å². The average molecular weight is 1230 g/mol. The van der Waals surface area contributed by atoms with E-state index in [0.717, 1.165) is 105 Å². The molecular formula is C83H49N13. The fraction of sp³-hybridized carbons (Fsp3) is 0. The van der Waals surface area contributed by atoms with Crippen molar-refractivity contribution in [2.24, 2.45) is 0 Å². The van der Waals surface area contributed by atoms with Gasteiger partial charge in [0.05, 0.1) is 56.7 Å². The highest BCUT2D eigenvalue weighted by atomic mass is 15.1. The normalized spacial score (nSPS) is 11.3. The number of nitriles is 2. The average Bonchev–Trinajstić information content (AvgIpc) is 1.55. The van der Waals surface area contributed by atoms with Crippen LogP contribution in [0.1, 0.15) is 11.1 Å². The third kappa shape index (κ3) is 10.1. The van der Waals surface area contributed by atoms with Crippen LogP contribution in [0.25, 0.3) is 169 Å². The Morgan fingerprint density at radius 1 is 0.219 bits per heavy atom. The minimum Gasteiger partial charge on any atom is -0.309 e. The Morgan fingerprint density at radius 3 is 0.958 bits per heavy atom. The highest BCUT2D eigenvalue weighted by Crippen LogP contribution is 2.43. The number of fused-ring (bicyclic) bond motifs is 6. The van der Waals surface area contributed by atoms with Crippen molar-refractivity contribution < 1.29 is 0 Å². The summed E-state index contributed by atoms with van der Waals surface area (Å²) in [4.78, 5) is 46.8. The highest BCUT2D eigenvalue weighted by Gasteiger charge is 2.26. The van der Waals surface area contributed by atoms with Crippen LogP contribution in [0.2, 0.25) is 0 Å². The van der Waals surface area contributed by atoms with Gasteiger partial charge in [0.25, 0.3) is 0 Å². The highest BCUT2D eigenvalue weighted by molar-refractivity contribution is 6.12. The van der Waals surface area contributed by atoms with Crippen molar-refractivity contribution >= 4 is 43.6 Å². The first-order chi connectivity index (χ1) is 47.5. The molecule has 0 saturated carbocycles. The van der Waals surface area contributed by atoms with Crippen LogP contribution < -0.4 is 0 Å².